The van der Waals surface area contributed by atoms with E-state index in [0.29, 0.717) is 6.54 Å². The molecular weight excluding hydrogens is 316 g/mol. The smallest absolute Gasteiger partial charge is 0.317 e. The maximum absolute atomic E-state index is 12.4. The molecule has 0 aromatic carbocycles. The van der Waals surface area contributed by atoms with Crippen molar-refractivity contribution in [3.8, 4) is 0 Å². The number of nitrogens with one attached hydrogen (secondary N) is 1. The number of aromatic nitrogens is 1. The van der Waals surface area contributed by atoms with E-state index in [-0.39, 0.29) is 23.6 Å². The Labute approximate surface area is 151 Å². The molecule has 140 valence electrons. The minimum absolute atomic E-state index is 0.00115. The van der Waals surface area contributed by atoms with Crippen molar-refractivity contribution >= 4 is 6.03 Å². The Balaban J connectivity index is 1.80. The van der Waals surface area contributed by atoms with E-state index < -0.39 is 0 Å². The van der Waals surface area contributed by atoms with Gasteiger partial charge in [-0.25, -0.2) is 4.79 Å². The van der Waals surface area contributed by atoms with Crippen molar-refractivity contribution in [2.45, 2.75) is 39.8 Å². The maximum atomic E-state index is 12.4. The Hall–Kier alpha value is -1.66. The topological polar surface area (TPSA) is 57.7 Å². The van der Waals surface area contributed by atoms with Crippen LogP contribution < -0.4 is 5.32 Å². The number of nitrogens with zero attached hydrogens (tertiary/aromatic N) is 3. The number of ether oxygens (including phenoxy) is 1. The normalized spacial score (nSPS) is 18.7. The molecule has 6 nitrogen and oxygen atoms in total. The number of amides is 2. The van der Waals surface area contributed by atoms with Crippen LogP contribution in [0.2, 0.25) is 0 Å². The highest BCUT2D eigenvalue weighted by Gasteiger charge is 2.28. The Morgan fingerprint density at radius 2 is 1.96 bits per heavy atom. The molecule has 6 heteroatoms. The predicted octanol–water partition coefficient (Wildman–Crippen LogP) is 2.53. The summed E-state index contributed by atoms with van der Waals surface area (Å²) >= 11 is 0. The van der Waals surface area contributed by atoms with Crippen LogP contribution in [0.5, 0.6) is 0 Å². The van der Waals surface area contributed by atoms with Crippen LogP contribution in [0.4, 0.5) is 4.79 Å². The zero-order valence-corrected chi connectivity index (χ0v) is 16.2. The van der Waals surface area contributed by atoms with Crippen molar-refractivity contribution in [3.05, 3.63) is 30.1 Å². The van der Waals surface area contributed by atoms with Gasteiger partial charge in [0.15, 0.2) is 0 Å². The summed E-state index contributed by atoms with van der Waals surface area (Å²) in [6.07, 6.45) is 1.83. The van der Waals surface area contributed by atoms with Gasteiger partial charge in [-0.1, -0.05) is 26.8 Å². The molecule has 0 aliphatic carbocycles. The van der Waals surface area contributed by atoms with E-state index >= 15 is 0 Å². The van der Waals surface area contributed by atoms with Gasteiger partial charge in [-0.3, -0.25) is 9.88 Å². The summed E-state index contributed by atoms with van der Waals surface area (Å²) in [6.45, 7) is 12.2. The van der Waals surface area contributed by atoms with Crippen molar-refractivity contribution in [2.24, 2.45) is 5.41 Å². The quantitative estimate of drug-likeness (QED) is 0.888. The van der Waals surface area contributed by atoms with Crippen LogP contribution in [0.15, 0.2) is 24.4 Å². The fourth-order valence-electron chi connectivity index (χ4n) is 3.16. The Kier molecular flexibility index (Phi) is 6.79. The molecule has 2 unspecified atom stereocenters. The lowest BCUT2D eigenvalue weighted by Crippen LogP contribution is -2.53. The van der Waals surface area contributed by atoms with Crippen LogP contribution in [0, 0.1) is 5.41 Å². The van der Waals surface area contributed by atoms with Crippen LogP contribution in [0.1, 0.15) is 39.4 Å². The molecule has 1 aliphatic heterocycles. The minimum Gasteiger partial charge on any atom is -0.379 e. The van der Waals surface area contributed by atoms with Crippen molar-refractivity contribution < 1.29 is 9.53 Å². The fraction of sp³-hybridized carbons (Fsp3) is 0.684. The second-order valence-corrected chi connectivity index (χ2v) is 7.73. The molecule has 2 atom stereocenters. The lowest BCUT2D eigenvalue weighted by atomic mass is 9.89. The van der Waals surface area contributed by atoms with E-state index in [0.717, 1.165) is 31.9 Å². The highest BCUT2D eigenvalue weighted by Crippen LogP contribution is 2.21. The number of urea groups is 1. The van der Waals surface area contributed by atoms with Gasteiger partial charge in [-0.05, 0) is 24.5 Å². The van der Waals surface area contributed by atoms with E-state index in [1.165, 1.54) is 0 Å². The number of carbonyl (C=O) groups is 1. The molecule has 25 heavy (non-hydrogen) atoms. The lowest BCUT2D eigenvalue weighted by Gasteiger charge is -2.38. The molecule has 0 saturated carbocycles. The molecule has 1 aromatic rings. The second kappa shape index (κ2) is 8.63. The van der Waals surface area contributed by atoms with Gasteiger partial charge in [-0.15, -0.1) is 0 Å². The van der Waals surface area contributed by atoms with Crippen molar-refractivity contribution in [1.29, 1.82) is 0 Å². The number of hydrogen-bond donors (Lipinski definition) is 1. The Morgan fingerprint density at radius 1 is 1.28 bits per heavy atom. The van der Waals surface area contributed by atoms with Crippen LogP contribution in [-0.4, -0.2) is 66.8 Å². The summed E-state index contributed by atoms with van der Waals surface area (Å²) in [4.78, 5) is 21.1. The van der Waals surface area contributed by atoms with Crippen molar-refractivity contribution in [2.75, 3.05) is 39.8 Å². The first-order chi connectivity index (χ1) is 11.8. The number of methoxy groups -OCH3 is 1. The number of hydrogen-bond acceptors (Lipinski definition) is 4. The van der Waals surface area contributed by atoms with Gasteiger partial charge in [0.25, 0.3) is 0 Å². The molecule has 1 saturated heterocycles. The maximum Gasteiger partial charge on any atom is 0.317 e. The standard InChI is InChI=1S/C19H32N4O2/c1-15(16-8-6-7-9-20-16)22-10-12-23(13-11-22)18(24)21-14-17(25-5)19(2,3)4/h6-9,15,17H,10-14H2,1-5H3,(H,21,24). The fourth-order valence-corrected chi connectivity index (χ4v) is 3.16. The molecule has 2 rings (SSSR count). The third-order valence-electron chi connectivity index (χ3n) is 4.95. The molecule has 1 N–H and O–H groups in total. The molecule has 2 heterocycles. The Bertz CT molecular complexity index is 536. The van der Waals surface area contributed by atoms with E-state index in [4.69, 9.17) is 4.74 Å². The SMILES string of the molecule is COC(CNC(=O)N1CCN(C(C)c2ccccn2)CC1)C(C)(C)C. The van der Waals surface area contributed by atoms with Gasteiger partial charge in [0.05, 0.1) is 11.8 Å². The van der Waals surface area contributed by atoms with E-state index in [2.05, 4.69) is 49.0 Å². The van der Waals surface area contributed by atoms with E-state index in [1.54, 1.807) is 7.11 Å². The highest BCUT2D eigenvalue weighted by molar-refractivity contribution is 5.74. The van der Waals surface area contributed by atoms with Gasteiger partial charge in [0.2, 0.25) is 0 Å². The van der Waals surface area contributed by atoms with E-state index in [9.17, 15) is 4.79 Å². The zero-order valence-electron chi connectivity index (χ0n) is 16.2. The first-order valence-electron chi connectivity index (χ1n) is 9.03. The third kappa shape index (κ3) is 5.41. The van der Waals surface area contributed by atoms with Gasteiger partial charge in [0.1, 0.15) is 0 Å². The summed E-state index contributed by atoms with van der Waals surface area (Å²) in [5.74, 6) is 0. The molecule has 0 spiro atoms. The molecule has 1 fully saturated rings. The summed E-state index contributed by atoms with van der Waals surface area (Å²) in [5.41, 5.74) is 1.08. The van der Waals surface area contributed by atoms with Crippen LogP contribution >= 0.6 is 0 Å². The molecule has 0 radical (unpaired) electrons. The first-order valence-corrected chi connectivity index (χ1v) is 9.03. The second-order valence-electron chi connectivity index (χ2n) is 7.73. The van der Waals surface area contributed by atoms with Gasteiger partial charge in [-0.2, -0.15) is 0 Å². The monoisotopic (exact) mass is 348 g/mol. The molecule has 1 aromatic heterocycles. The van der Waals surface area contributed by atoms with Gasteiger partial charge >= 0.3 is 6.03 Å². The summed E-state index contributed by atoms with van der Waals surface area (Å²) in [6, 6.07) is 6.27. The number of piperazine rings is 1. The highest BCUT2D eigenvalue weighted by atomic mass is 16.5. The minimum atomic E-state index is -0.00330. The van der Waals surface area contributed by atoms with Crippen molar-refractivity contribution in [1.82, 2.24) is 20.1 Å². The number of pyridine rings is 1. The molecule has 1 aliphatic rings. The largest absolute Gasteiger partial charge is 0.379 e. The summed E-state index contributed by atoms with van der Waals surface area (Å²) in [5, 5.41) is 3.02. The van der Waals surface area contributed by atoms with Crippen LogP contribution in [0.25, 0.3) is 0 Å². The van der Waals surface area contributed by atoms with Crippen molar-refractivity contribution in [3.63, 3.8) is 0 Å². The molecule has 0 bridgehead atoms. The average molecular weight is 348 g/mol. The third-order valence-corrected chi connectivity index (χ3v) is 4.95. The number of carbonyl (C=O) groups excluding carboxylic acids is 1. The van der Waals surface area contributed by atoms with Crippen LogP contribution in [0.3, 0.4) is 0 Å². The Morgan fingerprint density at radius 3 is 2.48 bits per heavy atom. The predicted molar refractivity (Wildman–Crippen MR) is 99.4 cm³/mol. The van der Waals surface area contributed by atoms with Gasteiger partial charge in [0, 0.05) is 52.1 Å². The summed E-state index contributed by atoms with van der Waals surface area (Å²) in [7, 11) is 1.69. The molecule has 2 amide bonds. The van der Waals surface area contributed by atoms with Crippen LogP contribution in [-0.2, 0) is 4.74 Å². The first kappa shape index (κ1) is 19.7. The average Bonchev–Trinajstić information content (AvgIpc) is 2.61. The zero-order chi connectivity index (χ0) is 18.4. The molecular formula is C19H32N4O2. The summed E-state index contributed by atoms with van der Waals surface area (Å²) < 4.78 is 5.50. The lowest BCUT2D eigenvalue weighted by molar-refractivity contribution is 0.0179. The van der Waals surface area contributed by atoms with E-state index in [1.807, 2.05) is 23.2 Å². The number of rotatable bonds is 5. The van der Waals surface area contributed by atoms with Gasteiger partial charge < -0.3 is 15.0 Å².